The molecule has 1 rings (SSSR count). The van der Waals surface area contributed by atoms with Crippen molar-refractivity contribution in [2.75, 3.05) is 20.3 Å². The molecule has 0 atom stereocenters. The van der Waals surface area contributed by atoms with Crippen molar-refractivity contribution < 1.29 is 13.9 Å². The Hall–Kier alpha value is -0.840. The lowest BCUT2D eigenvalue weighted by atomic mass is 10.2. The molecule has 0 bridgehead atoms. The quantitative estimate of drug-likeness (QED) is 0.761. The third-order valence-corrected chi connectivity index (χ3v) is 2.42. The van der Waals surface area contributed by atoms with Crippen molar-refractivity contribution in [1.29, 1.82) is 0 Å². The fraction of sp³-hybridized carbons (Fsp3) is 0.714. The Balaban J connectivity index is 2.25. The zero-order valence-electron chi connectivity index (χ0n) is 12.1. The normalized spacial score (nSPS) is 12.1. The molecule has 1 aromatic heterocycles. The molecule has 0 aliphatic heterocycles. The largest absolute Gasteiger partial charge is 0.462 e. The predicted molar refractivity (Wildman–Crippen MR) is 71.6 cm³/mol. The second kappa shape index (κ2) is 6.92. The summed E-state index contributed by atoms with van der Waals surface area (Å²) < 4.78 is 16.8. The molecule has 1 N–H and O–H groups in total. The van der Waals surface area contributed by atoms with E-state index >= 15 is 0 Å². The van der Waals surface area contributed by atoms with Crippen LogP contribution in [0, 0.1) is 6.92 Å². The van der Waals surface area contributed by atoms with Crippen LogP contribution in [0.15, 0.2) is 10.5 Å². The third-order valence-electron chi connectivity index (χ3n) is 2.42. The van der Waals surface area contributed by atoms with Gasteiger partial charge in [-0.2, -0.15) is 0 Å². The number of nitrogens with one attached hydrogen (secondary N) is 1. The minimum atomic E-state index is -0.107. The molecule has 0 amide bonds. The van der Waals surface area contributed by atoms with E-state index in [-0.39, 0.29) is 5.60 Å². The second-order valence-electron chi connectivity index (χ2n) is 5.36. The molecule has 0 radical (unpaired) electrons. The predicted octanol–water partition coefficient (Wildman–Crippen LogP) is 2.64. The number of ether oxygens (including phenoxy) is 2. The Bertz CT molecular complexity index is 352. The SMILES string of the molecule is CNCc1oc(COCCOC(C)(C)C)cc1C. The van der Waals surface area contributed by atoms with Crippen molar-refractivity contribution in [3.05, 3.63) is 23.2 Å². The average Bonchev–Trinajstić information content (AvgIpc) is 2.58. The highest BCUT2D eigenvalue weighted by molar-refractivity contribution is 5.19. The van der Waals surface area contributed by atoms with Crippen LogP contribution in [-0.4, -0.2) is 25.9 Å². The van der Waals surface area contributed by atoms with E-state index in [0.717, 1.165) is 23.6 Å². The lowest BCUT2D eigenvalue weighted by Gasteiger charge is -2.19. The number of rotatable bonds is 7. The molecule has 0 unspecified atom stereocenters. The van der Waals surface area contributed by atoms with Gasteiger partial charge in [0.05, 0.1) is 25.4 Å². The van der Waals surface area contributed by atoms with Crippen molar-refractivity contribution >= 4 is 0 Å². The summed E-state index contributed by atoms with van der Waals surface area (Å²) >= 11 is 0. The molecule has 0 aromatic carbocycles. The lowest BCUT2D eigenvalue weighted by molar-refractivity contribution is -0.0395. The highest BCUT2D eigenvalue weighted by Crippen LogP contribution is 2.15. The van der Waals surface area contributed by atoms with Gasteiger partial charge in [-0.3, -0.25) is 0 Å². The fourth-order valence-corrected chi connectivity index (χ4v) is 1.58. The first-order valence-electron chi connectivity index (χ1n) is 6.37. The van der Waals surface area contributed by atoms with E-state index in [0.29, 0.717) is 19.8 Å². The maximum absolute atomic E-state index is 5.67. The van der Waals surface area contributed by atoms with Gasteiger partial charge in [0.15, 0.2) is 0 Å². The Morgan fingerprint density at radius 2 is 2.00 bits per heavy atom. The Kier molecular flexibility index (Phi) is 5.85. The van der Waals surface area contributed by atoms with Crippen molar-refractivity contribution in [2.24, 2.45) is 0 Å². The molecule has 0 aliphatic rings. The Morgan fingerprint density at radius 1 is 1.28 bits per heavy atom. The topological polar surface area (TPSA) is 43.6 Å². The average molecular weight is 255 g/mol. The third kappa shape index (κ3) is 5.67. The van der Waals surface area contributed by atoms with Gasteiger partial charge < -0.3 is 19.2 Å². The van der Waals surface area contributed by atoms with Gasteiger partial charge in [-0.05, 0) is 46.4 Å². The molecule has 1 heterocycles. The van der Waals surface area contributed by atoms with Crippen LogP contribution < -0.4 is 5.32 Å². The maximum Gasteiger partial charge on any atom is 0.130 e. The summed E-state index contributed by atoms with van der Waals surface area (Å²) in [5.74, 6) is 1.84. The summed E-state index contributed by atoms with van der Waals surface area (Å²) in [5.41, 5.74) is 1.05. The van der Waals surface area contributed by atoms with Gasteiger partial charge in [0.25, 0.3) is 0 Å². The van der Waals surface area contributed by atoms with E-state index in [9.17, 15) is 0 Å². The number of hydrogen-bond donors (Lipinski definition) is 1. The standard InChI is InChI=1S/C14H25NO3/c1-11-8-12(18-13(11)9-15-5)10-16-6-7-17-14(2,3)4/h8,15H,6-7,9-10H2,1-5H3. The minimum absolute atomic E-state index is 0.107. The van der Waals surface area contributed by atoms with Crippen molar-refractivity contribution in [2.45, 2.75) is 46.4 Å². The van der Waals surface area contributed by atoms with E-state index < -0.39 is 0 Å². The number of aryl methyl sites for hydroxylation is 1. The molecular weight excluding hydrogens is 230 g/mol. The van der Waals surface area contributed by atoms with Gasteiger partial charge in [0, 0.05) is 0 Å². The van der Waals surface area contributed by atoms with Gasteiger partial charge in [-0.1, -0.05) is 0 Å². The van der Waals surface area contributed by atoms with E-state index in [1.165, 1.54) is 0 Å². The molecule has 0 saturated carbocycles. The Labute approximate surface area is 110 Å². The smallest absolute Gasteiger partial charge is 0.130 e. The minimum Gasteiger partial charge on any atom is -0.462 e. The van der Waals surface area contributed by atoms with Gasteiger partial charge in [0.2, 0.25) is 0 Å². The summed E-state index contributed by atoms with van der Waals surface area (Å²) in [6, 6.07) is 2.03. The molecule has 18 heavy (non-hydrogen) atoms. The first kappa shape index (κ1) is 15.2. The van der Waals surface area contributed by atoms with Crippen LogP contribution in [0.5, 0.6) is 0 Å². The molecule has 0 saturated heterocycles. The lowest BCUT2D eigenvalue weighted by Crippen LogP contribution is -2.21. The fourth-order valence-electron chi connectivity index (χ4n) is 1.58. The molecular formula is C14H25NO3. The maximum atomic E-state index is 5.67. The van der Waals surface area contributed by atoms with Gasteiger partial charge >= 0.3 is 0 Å². The highest BCUT2D eigenvalue weighted by Gasteiger charge is 2.10. The van der Waals surface area contributed by atoms with E-state index in [1.807, 2.05) is 40.8 Å². The molecule has 0 fully saturated rings. The van der Waals surface area contributed by atoms with E-state index in [2.05, 4.69) is 5.32 Å². The van der Waals surface area contributed by atoms with Crippen LogP contribution in [0.1, 0.15) is 37.9 Å². The summed E-state index contributed by atoms with van der Waals surface area (Å²) in [5, 5.41) is 3.08. The monoisotopic (exact) mass is 255 g/mol. The number of hydrogen-bond acceptors (Lipinski definition) is 4. The van der Waals surface area contributed by atoms with Crippen molar-refractivity contribution in [3.8, 4) is 0 Å². The first-order valence-corrected chi connectivity index (χ1v) is 6.37. The van der Waals surface area contributed by atoms with Crippen LogP contribution in [0.25, 0.3) is 0 Å². The second-order valence-corrected chi connectivity index (χ2v) is 5.36. The zero-order valence-corrected chi connectivity index (χ0v) is 12.1. The van der Waals surface area contributed by atoms with Gasteiger partial charge in [-0.25, -0.2) is 0 Å². The summed E-state index contributed by atoms with van der Waals surface area (Å²) in [4.78, 5) is 0. The summed E-state index contributed by atoms with van der Waals surface area (Å²) in [6.07, 6.45) is 0. The van der Waals surface area contributed by atoms with Crippen LogP contribution in [-0.2, 0) is 22.6 Å². The molecule has 1 aromatic rings. The van der Waals surface area contributed by atoms with E-state index in [1.54, 1.807) is 0 Å². The number of furan rings is 1. The first-order chi connectivity index (χ1) is 8.42. The molecule has 4 nitrogen and oxygen atoms in total. The molecule has 104 valence electrons. The van der Waals surface area contributed by atoms with Gasteiger partial charge in [-0.15, -0.1) is 0 Å². The summed E-state index contributed by atoms with van der Waals surface area (Å²) in [7, 11) is 1.90. The molecule has 0 aliphatic carbocycles. The van der Waals surface area contributed by atoms with Gasteiger partial charge in [0.1, 0.15) is 18.1 Å². The summed E-state index contributed by atoms with van der Waals surface area (Å²) in [6.45, 7) is 10.6. The van der Waals surface area contributed by atoms with Crippen LogP contribution in [0.2, 0.25) is 0 Å². The van der Waals surface area contributed by atoms with Crippen LogP contribution >= 0.6 is 0 Å². The van der Waals surface area contributed by atoms with E-state index in [4.69, 9.17) is 13.9 Å². The highest BCUT2D eigenvalue weighted by atomic mass is 16.5. The zero-order chi connectivity index (χ0) is 13.6. The van der Waals surface area contributed by atoms with Crippen LogP contribution in [0.4, 0.5) is 0 Å². The Morgan fingerprint density at radius 3 is 2.61 bits per heavy atom. The van der Waals surface area contributed by atoms with Crippen molar-refractivity contribution in [3.63, 3.8) is 0 Å². The molecule has 0 spiro atoms. The van der Waals surface area contributed by atoms with Crippen molar-refractivity contribution in [1.82, 2.24) is 5.32 Å². The van der Waals surface area contributed by atoms with Crippen LogP contribution in [0.3, 0.4) is 0 Å². The molecule has 4 heteroatoms.